The van der Waals surface area contributed by atoms with Crippen LogP contribution in [-0.2, 0) is 4.79 Å². The molecule has 2 heterocycles. The maximum atomic E-state index is 12.9. The Balaban J connectivity index is 1.24. The largest absolute Gasteiger partial charge is 0.335 e. The number of amides is 3. The number of piperidine rings is 1. The number of hydrogen-bond acceptors (Lipinski definition) is 2. The molecule has 3 amide bonds. The van der Waals surface area contributed by atoms with E-state index in [1.54, 1.807) is 0 Å². The number of nitrogens with one attached hydrogen (secondary N) is 1. The molecule has 5 heteroatoms. The van der Waals surface area contributed by atoms with Gasteiger partial charge in [0, 0.05) is 31.4 Å². The van der Waals surface area contributed by atoms with Crippen LogP contribution in [0.25, 0.3) is 0 Å². The minimum Gasteiger partial charge on any atom is -0.335 e. The van der Waals surface area contributed by atoms with Gasteiger partial charge in [0.05, 0.1) is 5.41 Å². The van der Waals surface area contributed by atoms with Gasteiger partial charge >= 0.3 is 6.03 Å². The van der Waals surface area contributed by atoms with Gasteiger partial charge < -0.3 is 15.1 Å². The first-order chi connectivity index (χ1) is 13.8. The Kier molecular flexibility index (Phi) is 5.34. The molecule has 3 fully saturated rings. The molecule has 0 unspecified atom stereocenters. The number of carbonyl (C=O) groups is 2. The highest BCUT2D eigenvalue weighted by atomic mass is 16.2. The van der Waals surface area contributed by atoms with Crippen LogP contribution in [0.3, 0.4) is 0 Å². The lowest BCUT2D eigenvalue weighted by Gasteiger charge is -2.52. The summed E-state index contributed by atoms with van der Waals surface area (Å²) in [4.78, 5) is 29.4. The van der Waals surface area contributed by atoms with Crippen LogP contribution >= 0.6 is 0 Å². The topological polar surface area (TPSA) is 52.7 Å². The quantitative estimate of drug-likeness (QED) is 0.751. The van der Waals surface area contributed by atoms with E-state index in [2.05, 4.69) is 26.1 Å². The molecular weight excluding hydrogens is 362 g/mol. The number of benzene rings is 1. The molecule has 158 valence electrons. The lowest BCUT2D eigenvalue weighted by atomic mass is 9.70. The molecule has 0 bridgehead atoms. The zero-order valence-corrected chi connectivity index (χ0v) is 18.1. The van der Waals surface area contributed by atoms with Crippen molar-refractivity contribution in [1.82, 2.24) is 10.2 Å². The number of β-lactam (4-membered cyclic amide) rings is 1. The average molecular weight is 398 g/mol. The van der Waals surface area contributed by atoms with Crippen molar-refractivity contribution in [3.05, 3.63) is 30.3 Å². The molecule has 1 aromatic rings. The Morgan fingerprint density at radius 1 is 1.03 bits per heavy atom. The molecule has 29 heavy (non-hydrogen) atoms. The fourth-order valence-electron chi connectivity index (χ4n) is 5.33. The Labute approximate surface area is 174 Å². The Hall–Kier alpha value is -2.04. The minimum absolute atomic E-state index is 0.0609. The molecular formula is C24H35N3O2. The molecule has 3 aliphatic rings. The average Bonchev–Trinajstić information content (AvgIpc) is 2.72. The second-order valence-corrected chi connectivity index (χ2v) is 10.4. The lowest BCUT2D eigenvalue weighted by molar-refractivity contribution is -0.138. The molecule has 4 rings (SSSR count). The van der Waals surface area contributed by atoms with Crippen molar-refractivity contribution >= 4 is 17.6 Å². The van der Waals surface area contributed by atoms with E-state index in [4.69, 9.17) is 0 Å². The van der Waals surface area contributed by atoms with E-state index < -0.39 is 0 Å². The van der Waals surface area contributed by atoms with Gasteiger partial charge in [-0.25, -0.2) is 4.79 Å². The SMILES string of the molecule is CC(C)(C)[C@H]1CC[C@H](NC(=O)N2CCC3(CC2)CN(c2ccccc2)C3=O)CC1. The summed E-state index contributed by atoms with van der Waals surface area (Å²) in [6, 6.07) is 10.2. The maximum Gasteiger partial charge on any atom is 0.317 e. The highest BCUT2D eigenvalue weighted by Gasteiger charge is 2.53. The normalized spacial score (nSPS) is 26.9. The lowest BCUT2D eigenvalue weighted by Crippen LogP contribution is -2.65. The zero-order chi connectivity index (χ0) is 20.6. The Morgan fingerprint density at radius 3 is 2.21 bits per heavy atom. The standard InChI is InChI=1S/C24H35N3O2/c1-23(2,3)18-9-11-19(12-10-18)25-22(29)26-15-13-24(14-16-26)17-27(21(24)28)20-7-5-4-6-8-20/h4-8,18-19H,9-17H2,1-3H3,(H,25,29)/t18-,19-. The number of likely N-dealkylation sites (tertiary alicyclic amines) is 1. The third-order valence-electron chi connectivity index (χ3n) is 7.51. The predicted octanol–water partition coefficient (Wildman–Crippen LogP) is 4.43. The van der Waals surface area contributed by atoms with Crippen molar-refractivity contribution in [1.29, 1.82) is 0 Å². The molecule has 0 radical (unpaired) electrons. The first-order valence-electron chi connectivity index (χ1n) is 11.2. The van der Waals surface area contributed by atoms with E-state index >= 15 is 0 Å². The number of anilines is 1. The fraction of sp³-hybridized carbons (Fsp3) is 0.667. The van der Waals surface area contributed by atoms with Gasteiger partial charge in [0.15, 0.2) is 0 Å². The molecule has 0 aromatic heterocycles. The van der Waals surface area contributed by atoms with E-state index in [0.29, 0.717) is 24.5 Å². The van der Waals surface area contributed by atoms with Gasteiger partial charge in [-0.3, -0.25) is 4.79 Å². The number of para-hydroxylation sites is 1. The number of rotatable bonds is 2. The molecule has 1 spiro atoms. The molecule has 5 nitrogen and oxygen atoms in total. The smallest absolute Gasteiger partial charge is 0.317 e. The van der Waals surface area contributed by atoms with Gasteiger partial charge in [-0.1, -0.05) is 39.0 Å². The number of hydrogen-bond donors (Lipinski definition) is 1. The van der Waals surface area contributed by atoms with E-state index in [-0.39, 0.29) is 17.4 Å². The molecule has 1 aromatic carbocycles. The summed E-state index contributed by atoms with van der Waals surface area (Å²) < 4.78 is 0. The van der Waals surface area contributed by atoms with E-state index in [9.17, 15) is 9.59 Å². The van der Waals surface area contributed by atoms with Crippen molar-refractivity contribution in [2.24, 2.45) is 16.7 Å². The summed E-state index contributed by atoms with van der Waals surface area (Å²) >= 11 is 0. The Morgan fingerprint density at radius 2 is 1.66 bits per heavy atom. The number of nitrogens with zero attached hydrogens (tertiary/aromatic N) is 2. The number of urea groups is 1. The second-order valence-electron chi connectivity index (χ2n) is 10.4. The molecule has 2 aliphatic heterocycles. The molecule has 1 aliphatic carbocycles. The van der Waals surface area contributed by atoms with Crippen LogP contribution in [0.2, 0.25) is 0 Å². The van der Waals surface area contributed by atoms with Crippen LogP contribution in [-0.4, -0.2) is 42.5 Å². The first-order valence-corrected chi connectivity index (χ1v) is 11.2. The summed E-state index contributed by atoms with van der Waals surface area (Å²) in [6.45, 7) is 9.10. The molecule has 2 saturated heterocycles. The number of carbonyl (C=O) groups excluding carboxylic acids is 2. The van der Waals surface area contributed by atoms with E-state index in [0.717, 1.165) is 43.8 Å². The van der Waals surface area contributed by atoms with Crippen LogP contribution < -0.4 is 10.2 Å². The summed E-state index contributed by atoms with van der Waals surface area (Å²) in [7, 11) is 0. The van der Waals surface area contributed by atoms with Gasteiger partial charge in [-0.05, 0) is 62.0 Å². The zero-order valence-electron chi connectivity index (χ0n) is 18.1. The van der Waals surface area contributed by atoms with Gasteiger partial charge in [0.25, 0.3) is 0 Å². The van der Waals surface area contributed by atoms with Crippen LogP contribution in [0, 0.1) is 16.7 Å². The minimum atomic E-state index is -0.253. The monoisotopic (exact) mass is 397 g/mol. The highest BCUT2D eigenvalue weighted by Crippen LogP contribution is 2.44. The van der Waals surface area contributed by atoms with Gasteiger partial charge in [-0.2, -0.15) is 0 Å². The van der Waals surface area contributed by atoms with E-state index in [1.165, 1.54) is 12.8 Å². The predicted molar refractivity (Wildman–Crippen MR) is 116 cm³/mol. The van der Waals surface area contributed by atoms with Crippen LogP contribution in [0.15, 0.2) is 30.3 Å². The molecule has 0 atom stereocenters. The third kappa shape index (κ3) is 4.01. The maximum absolute atomic E-state index is 12.9. The van der Waals surface area contributed by atoms with Gasteiger partial charge in [-0.15, -0.1) is 0 Å². The fourth-order valence-corrected chi connectivity index (χ4v) is 5.33. The summed E-state index contributed by atoms with van der Waals surface area (Å²) in [5.41, 5.74) is 1.09. The van der Waals surface area contributed by atoms with Crippen molar-refractivity contribution < 1.29 is 9.59 Å². The van der Waals surface area contributed by atoms with Crippen molar-refractivity contribution in [3.8, 4) is 0 Å². The first kappa shape index (κ1) is 20.2. The van der Waals surface area contributed by atoms with Crippen molar-refractivity contribution in [2.75, 3.05) is 24.5 Å². The summed E-state index contributed by atoms with van der Waals surface area (Å²) in [5, 5.41) is 3.26. The third-order valence-corrected chi connectivity index (χ3v) is 7.51. The van der Waals surface area contributed by atoms with Crippen LogP contribution in [0.1, 0.15) is 59.3 Å². The highest BCUT2D eigenvalue weighted by molar-refractivity contribution is 6.04. The van der Waals surface area contributed by atoms with Gasteiger partial charge in [0.2, 0.25) is 5.91 Å². The second kappa shape index (κ2) is 7.66. The van der Waals surface area contributed by atoms with Crippen LogP contribution in [0.4, 0.5) is 10.5 Å². The summed E-state index contributed by atoms with van der Waals surface area (Å²) in [6.07, 6.45) is 6.10. The molecule has 1 N–H and O–H groups in total. The Bertz CT molecular complexity index is 739. The van der Waals surface area contributed by atoms with Crippen molar-refractivity contribution in [2.45, 2.75) is 65.3 Å². The summed E-state index contributed by atoms with van der Waals surface area (Å²) in [5.74, 6) is 0.979. The van der Waals surface area contributed by atoms with Crippen molar-refractivity contribution in [3.63, 3.8) is 0 Å². The van der Waals surface area contributed by atoms with Crippen LogP contribution in [0.5, 0.6) is 0 Å². The van der Waals surface area contributed by atoms with Gasteiger partial charge in [0.1, 0.15) is 0 Å². The molecule has 1 saturated carbocycles. The van der Waals surface area contributed by atoms with E-state index in [1.807, 2.05) is 40.1 Å².